The number of fused-ring (bicyclic) bond motifs is 1. The summed E-state index contributed by atoms with van der Waals surface area (Å²) in [6.45, 7) is 5.59. The summed E-state index contributed by atoms with van der Waals surface area (Å²) in [6, 6.07) is 3.78. The van der Waals surface area contributed by atoms with E-state index in [0.717, 1.165) is 15.3 Å². The van der Waals surface area contributed by atoms with Gasteiger partial charge in [0.2, 0.25) is 0 Å². The Labute approximate surface area is 141 Å². The molecular formula is C16H16N2O3S2. The first-order valence-corrected chi connectivity index (χ1v) is 8.87. The predicted octanol–water partition coefficient (Wildman–Crippen LogP) is 3.51. The highest BCUT2D eigenvalue weighted by Crippen LogP contribution is 2.27. The number of hydrogen-bond donors (Lipinski definition) is 1. The first-order chi connectivity index (χ1) is 11.0. The van der Waals surface area contributed by atoms with Gasteiger partial charge in [0.15, 0.2) is 11.9 Å². The van der Waals surface area contributed by atoms with Gasteiger partial charge in [-0.1, -0.05) is 6.07 Å². The molecule has 3 rings (SSSR count). The van der Waals surface area contributed by atoms with Crippen LogP contribution in [-0.4, -0.2) is 15.9 Å². The molecular weight excluding hydrogens is 332 g/mol. The molecule has 0 bridgehead atoms. The molecule has 0 aromatic carbocycles. The molecule has 1 atom stereocenters. The standard InChI is InChI=1S/C16H16N2O3S2/c1-8-10(3)23-16-13(8)15(20)17-14(18-16)9(2)21-12(19)7-11-5-4-6-22-11/h4-6,9H,7H2,1-3H3,(H,17,18,20)/t9-/m1/s1. The summed E-state index contributed by atoms with van der Waals surface area (Å²) in [4.78, 5) is 34.1. The highest BCUT2D eigenvalue weighted by molar-refractivity contribution is 7.18. The summed E-state index contributed by atoms with van der Waals surface area (Å²) in [6.07, 6.45) is -0.367. The Balaban J connectivity index is 1.82. The van der Waals surface area contributed by atoms with Crippen molar-refractivity contribution < 1.29 is 9.53 Å². The molecule has 0 aliphatic heterocycles. The van der Waals surface area contributed by atoms with Gasteiger partial charge in [-0.3, -0.25) is 9.59 Å². The third kappa shape index (κ3) is 3.20. The maximum Gasteiger partial charge on any atom is 0.311 e. The lowest BCUT2D eigenvalue weighted by Gasteiger charge is -2.12. The van der Waals surface area contributed by atoms with Gasteiger partial charge in [0.1, 0.15) is 4.83 Å². The topological polar surface area (TPSA) is 72.0 Å². The lowest BCUT2D eigenvalue weighted by molar-refractivity contribution is -0.148. The van der Waals surface area contributed by atoms with Gasteiger partial charge in [-0.25, -0.2) is 4.98 Å². The number of aromatic amines is 1. The number of thiophene rings is 2. The van der Waals surface area contributed by atoms with Crippen molar-refractivity contribution >= 4 is 38.9 Å². The largest absolute Gasteiger partial charge is 0.454 e. The first-order valence-electron chi connectivity index (χ1n) is 7.17. The zero-order valence-electron chi connectivity index (χ0n) is 13.0. The predicted molar refractivity (Wildman–Crippen MR) is 92.2 cm³/mol. The van der Waals surface area contributed by atoms with E-state index in [1.165, 1.54) is 22.7 Å². The van der Waals surface area contributed by atoms with E-state index in [0.29, 0.717) is 16.0 Å². The number of rotatable bonds is 4. The van der Waals surface area contributed by atoms with Gasteiger partial charge in [0.25, 0.3) is 5.56 Å². The van der Waals surface area contributed by atoms with Crippen LogP contribution >= 0.6 is 22.7 Å². The number of H-pyrrole nitrogens is 1. The van der Waals surface area contributed by atoms with Gasteiger partial charge in [0, 0.05) is 9.75 Å². The second-order valence-corrected chi connectivity index (χ2v) is 7.54. The highest BCUT2D eigenvalue weighted by atomic mass is 32.1. The quantitative estimate of drug-likeness (QED) is 0.732. The Hall–Kier alpha value is -1.99. The highest BCUT2D eigenvalue weighted by Gasteiger charge is 2.18. The average molecular weight is 348 g/mol. The van der Waals surface area contributed by atoms with Crippen molar-refractivity contribution in [2.45, 2.75) is 33.3 Å². The molecule has 3 aromatic rings. The summed E-state index contributed by atoms with van der Waals surface area (Å²) < 4.78 is 5.39. The van der Waals surface area contributed by atoms with Crippen molar-refractivity contribution in [3.63, 3.8) is 0 Å². The van der Waals surface area contributed by atoms with Gasteiger partial charge in [-0.05, 0) is 37.8 Å². The summed E-state index contributed by atoms with van der Waals surface area (Å²) >= 11 is 2.99. The normalized spacial score (nSPS) is 12.5. The van der Waals surface area contributed by atoms with Crippen LogP contribution in [0.2, 0.25) is 0 Å². The number of carbonyl (C=O) groups is 1. The second kappa shape index (κ2) is 6.25. The van der Waals surface area contributed by atoms with E-state index in [2.05, 4.69) is 9.97 Å². The Bertz CT molecular complexity index is 909. The van der Waals surface area contributed by atoms with E-state index in [9.17, 15) is 9.59 Å². The molecule has 0 unspecified atom stereocenters. The molecule has 7 heteroatoms. The van der Waals surface area contributed by atoms with Crippen LogP contribution in [0.5, 0.6) is 0 Å². The fourth-order valence-electron chi connectivity index (χ4n) is 2.31. The molecule has 0 spiro atoms. The van der Waals surface area contributed by atoms with E-state index in [1.807, 2.05) is 31.4 Å². The molecule has 23 heavy (non-hydrogen) atoms. The maximum atomic E-state index is 12.3. The monoisotopic (exact) mass is 348 g/mol. The van der Waals surface area contributed by atoms with Crippen molar-refractivity contribution in [2.75, 3.05) is 0 Å². The van der Waals surface area contributed by atoms with Crippen molar-refractivity contribution in [3.05, 3.63) is 49.0 Å². The fourth-order valence-corrected chi connectivity index (χ4v) is 4.04. The summed E-state index contributed by atoms with van der Waals surface area (Å²) in [7, 11) is 0. The smallest absolute Gasteiger partial charge is 0.311 e. The van der Waals surface area contributed by atoms with Gasteiger partial charge in [0.05, 0.1) is 11.8 Å². The molecule has 3 aromatic heterocycles. The third-order valence-corrected chi connectivity index (χ3v) is 5.63. The number of nitrogens with zero attached hydrogens (tertiary/aromatic N) is 1. The Kier molecular flexibility index (Phi) is 4.32. The average Bonchev–Trinajstić information content (AvgIpc) is 3.07. The Morgan fingerprint density at radius 3 is 2.91 bits per heavy atom. The van der Waals surface area contributed by atoms with Crippen LogP contribution in [0.25, 0.3) is 10.2 Å². The van der Waals surface area contributed by atoms with Gasteiger partial charge in [-0.2, -0.15) is 0 Å². The van der Waals surface area contributed by atoms with Crippen LogP contribution in [0.15, 0.2) is 22.3 Å². The number of carbonyl (C=O) groups excluding carboxylic acids is 1. The summed E-state index contributed by atoms with van der Waals surface area (Å²) in [5.41, 5.74) is 0.764. The van der Waals surface area contributed by atoms with E-state index in [1.54, 1.807) is 6.92 Å². The van der Waals surface area contributed by atoms with E-state index >= 15 is 0 Å². The summed E-state index contributed by atoms with van der Waals surface area (Å²) in [5.74, 6) is 0.0458. The van der Waals surface area contributed by atoms with Crippen molar-refractivity contribution in [2.24, 2.45) is 0 Å². The van der Waals surface area contributed by atoms with Gasteiger partial charge in [-0.15, -0.1) is 22.7 Å². The molecule has 0 amide bonds. The van der Waals surface area contributed by atoms with Crippen LogP contribution < -0.4 is 5.56 Å². The molecule has 0 saturated heterocycles. The van der Waals surface area contributed by atoms with Crippen molar-refractivity contribution in [1.29, 1.82) is 0 Å². The molecule has 0 aliphatic rings. The molecule has 0 saturated carbocycles. The molecule has 0 radical (unpaired) electrons. The van der Waals surface area contributed by atoms with Crippen molar-refractivity contribution in [3.8, 4) is 0 Å². The minimum Gasteiger partial charge on any atom is -0.454 e. The van der Waals surface area contributed by atoms with Crippen LogP contribution in [0.4, 0.5) is 0 Å². The molecule has 0 aliphatic carbocycles. The third-order valence-electron chi connectivity index (χ3n) is 3.65. The van der Waals surface area contributed by atoms with E-state index in [4.69, 9.17) is 4.74 Å². The number of hydrogen-bond acceptors (Lipinski definition) is 6. The Morgan fingerprint density at radius 1 is 1.43 bits per heavy atom. The number of aryl methyl sites for hydroxylation is 2. The fraction of sp³-hybridized carbons (Fsp3) is 0.312. The maximum absolute atomic E-state index is 12.3. The zero-order chi connectivity index (χ0) is 16.6. The van der Waals surface area contributed by atoms with E-state index in [-0.39, 0.29) is 17.9 Å². The number of nitrogens with one attached hydrogen (secondary N) is 1. The van der Waals surface area contributed by atoms with Crippen LogP contribution in [-0.2, 0) is 16.0 Å². The number of esters is 1. The van der Waals surface area contributed by atoms with Crippen LogP contribution in [0, 0.1) is 13.8 Å². The minimum atomic E-state index is -0.595. The van der Waals surface area contributed by atoms with E-state index < -0.39 is 6.10 Å². The molecule has 0 fully saturated rings. The first kappa shape index (κ1) is 15.9. The van der Waals surface area contributed by atoms with Gasteiger partial charge < -0.3 is 9.72 Å². The molecule has 3 heterocycles. The van der Waals surface area contributed by atoms with Crippen molar-refractivity contribution in [1.82, 2.24) is 9.97 Å². The molecule has 5 nitrogen and oxygen atoms in total. The molecule has 1 N–H and O–H groups in total. The lowest BCUT2D eigenvalue weighted by atomic mass is 10.2. The number of aromatic nitrogens is 2. The SMILES string of the molecule is Cc1sc2nc([C@@H](C)OC(=O)Cc3cccs3)[nH]c(=O)c2c1C. The summed E-state index contributed by atoms with van der Waals surface area (Å²) in [5, 5.41) is 2.54. The minimum absolute atomic E-state index is 0.187. The lowest BCUT2D eigenvalue weighted by Crippen LogP contribution is -2.17. The zero-order valence-corrected chi connectivity index (χ0v) is 14.6. The molecule has 120 valence electrons. The van der Waals surface area contributed by atoms with Gasteiger partial charge >= 0.3 is 5.97 Å². The van der Waals surface area contributed by atoms with Crippen LogP contribution in [0.3, 0.4) is 0 Å². The number of ether oxygens (including phenoxy) is 1. The van der Waals surface area contributed by atoms with Crippen LogP contribution in [0.1, 0.15) is 34.2 Å². The Morgan fingerprint density at radius 2 is 2.22 bits per heavy atom. The second-order valence-electron chi connectivity index (χ2n) is 5.30.